The second-order valence-electron chi connectivity index (χ2n) is 4.19. The van der Waals surface area contributed by atoms with Gasteiger partial charge in [0, 0.05) is 21.6 Å². The van der Waals surface area contributed by atoms with Gasteiger partial charge >= 0.3 is 0 Å². The topological polar surface area (TPSA) is 54.7 Å². The molecule has 1 aliphatic carbocycles. The van der Waals surface area contributed by atoms with Crippen molar-refractivity contribution in [2.45, 2.75) is 18.8 Å². The molecule has 0 aliphatic heterocycles. The predicted octanol–water partition coefficient (Wildman–Crippen LogP) is 3.30. The molecule has 0 saturated heterocycles. The Kier molecular flexibility index (Phi) is 2.24. The summed E-state index contributed by atoms with van der Waals surface area (Å²) in [7, 11) is 0. The van der Waals surface area contributed by atoms with Crippen LogP contribution in [0.25, 0.3) is 11.3 Å². The molecule has 1 heterocycles. The lowest BCUT2D eigenvalue weighted by Crippen LogP contribution is -1.88. The first-order valence-electron chi connectivity index (χ1n) is 5.34. The van der Waals surface area contributed by atoms with E-state index in [4.69, 9.17) is 5.73 Å². The van der Waals surface area contributed by atoms with Gasteiger partial charge in [-0.3, -0.25) is 0 Å². The number of nitrogens with zero attached hydrogens (tertiary/aromatic N) is 1. The number of anilines is 1. The Labute approximate surface area is 102 Å². The maximum Gasteiger partial charge on any atom is 0.109 e. The van der Waals surface area contributed by atoms with Crippen molar-refractivity contribution >= 4 is 21.6 Å². The largest absolute Gasteiger partial charge is 0.398 e. The van der Waals surface area contributed by atoms with E-state index in [1.807, 2.05) is 24.4 Å². The van der Waals surface area contributed by atoms with Crippen LogP contribution < -0.4 is 5.73 Å². The number of benzene rings is 1. The fraction of sp³-hybridized carbons (Fsp3) is 0.250. The number of H-pyrrole nitrogens is 1. The van der Waals surface area contributed by atoms with Crippen molar-refractivity contribution in [3.63, 3.8) is 0 Å². The third-order valence-electron chi connectivity index (χ3n) is 2.87. The van der Waals surface area contributed by atoms with E-state index in [0.717, 1.165) is 27.2 Å². The minimum atomic E-state index is 0.654. The first-order valence-corrected chi connectivity index (χ1v) is 6.13. The molecule has 1 aliphatic rings. The van der Waals surface area contributed by atoms with Crippen LogP contribution in [0.2, 0.25) is 0 Å². The number of hydrogen-bond donors (Lipinski definition) is 2. The van der Waals surface area contributed by atoms with Gasteiger partial charge in [-0.2, -0.15) is 0 Å². The van der Waals surface area contributed by atoms with Crippen LogP contribution in [-0.4, -0.2) is 9.97 Å². The van der Waals surface area contributed by atoms with E-state index in [1.54, 1.807) is 0 Å². The third kappa shape index (κ3) is 1.73. The van der Waals surface area contributed by atoms with Gasteiger partial charge in [0.2, 0.25) is 0 Å². The summed E-state index contributed by atoms with van der Waals surface area (Å²) in [5, 5.41) is 0. The standard InChI is InChI=1S/C12H12BrN3/c13-9-4-3-8(5-10(9)14)11-6-15-12(16-11)7-1-2-7/h3-7H,1-2,14H2,(H,15,16). The molecule has 16 heavy (non-hydrogen) atoms. The third-order valence-corrected chi connectivity index (χ3v) is 3.59. The van der Waals surface area contributed by atoms with Crippen molar-refractivity contribution in [3.8, 4) is 11.3 Å². The number of imidazole rings is 1. The summed E-state index contributed by atoms with van der Waals surface area (Å²) in [6, 6.07) is 5.95. The molecule has 2 aromatic rings. The molecule has 0 spiro atoms. The number of halogens is 1. The molecule has 0 radical (unpaired) electrons. The lowest BCUT2D eigenvalue weighted by molar-refractivity contribution is 0.977. The van der Waals surface area contributed by atoms with E-state index in [1.165, 1.54) is 12.8 Å². The summed E-state index contributed by atoms with van der Waals surface area (Å²) in [6.45, 7) is 0. The van der Waals surface area contributed by atoms with Gasteiger partial charge in [0.1, 0.15) is 5.82 Å². The Bertz CT molecular complexity index is 529. The molecule has 3 N–H and O–H groups in total. The lowest BCUT2D eigenvalue weighted by atomic mass is 10.1. The second-order valence-corrected chi connectivity index (χ2v) is 5.05. The Morgan fingerprint density at radius 1 is 1.38 bits per heavy atom. The van der Waals surface area contributed by atoms with Crippen molar-refractivity contribution in [3.05, 3.63) is 34.7 Å². The first-order chi connectivity index (χ1) is 7.74. The zero-order valence-corrected chi connectivity index (χ0v) is 10.3. The predicted molar refractivity (Wildman–Crippen MR) is 68.1 cm³/mol. The van der Waals surface area contributed by atoms with Gasteiger partial charge in [0.05, 0.1) is 11.9 Å². The molecular weight excluding hydrogens is 266 g/mol. The molecule has 0 atom stereocenters. The van der Waals surface area contributed by atoms with Gasteiger partial charge in [0.25, 0.3) is 0 Å². The highest BCUT2D eigenvalue weighted by Gasteiger charge is 2.26. The maximum atomic E-state index is 5.86. The van der Waals surface area contributed by atoms with Gasteiger partial charge in [-0.25, -0.2) is 4.98 Å². The van der Waals surface area contributed by atoms with Crippen LogP contribution in [0, 0.1) is 0 Å². The lowest BCUT2D eigenvalue weighted by Gasteiger charge is -2.01. The van der Waals surface area contributed by atoms with Crippen LogP contribution in [0.5, 0.6) is 0 Å². The van der Waals surface area contributed by atoms with Gasteiger partial charge in [-0.15, -0.1) is 0 Å². The van der Waals surface area contributed by atoms with Crippen LogP contribution in [0.4, 0.5) is 5.69 Å². The quantitative estimate of drug-likeness (QED) is 0.828. The highest BCUT2D eigenvalue weighted by Crippen LogP contribution is 2.39. The van der Waals surface area contributed by atoms with Gasteiger partial charge in [-0.05, 0) is 40.9 Å². The number of aromatic amines is 1. The molecule has 0 amide bonds. The van der Waals surface area contributed by atoms with Crippen LogP contribution in [0.1, 0.15) is 24.6 Å². The molecule has 3 rings (SSSR count). The number of rotatable bonds is 2. The second kappa shape index (κ2) is 3.63. The van der Waals surface area contributed by atoms with Gasteiger partial charge in [0.15, 0.2) is 0 Å². The number of hydrogen-bond acceptors (Lipinski definition) is 2. The minimum Gasteiger partial charge on any atom is -0.398 e. The minimum absolute atomic E-state index is 0.654. The van der Waals surface area contributed by atoms with E-state index in [0.29, 0.717) is 5.92 Å². The molecular formula is C12H12BrN3. The molecule has 0 bridgehead atoms. The van der Waals surface area contributed by atoms with Crippen LogP contribution in [-0.2, 0) is 0 Å². The number of nitrogen functional groups attached to an aromatic ring is 1. The molecule has 1 fully saturated rings. The fourth-order valence-corrected chi connectivity index (χ4v) is 2.01. The molecule has 1 saturated carbocycles. The van der Waals surface area contributed by atoms with Crippen LogP contribution in [0.3, 0.4) is 0 Å². The summed E-state index contributed by atoms with van der Waals surface area (Å²) in [5.74, 6) is 1.76. The SMILES string of the molecule is Nc1cc(-c2cnc(C3CC3)[nH]2)ccc1Br. The summed E-state index contributed by atoms with van der Waals surface area (Å²) in [5.41, 5.74) is 8.73. The monoisotopic (exact) mass is 277 g/mol. The summed E-state index contributed by atoms with van der Waals surface area (Å²) in [4.78, 5) is 7.75. The number of aromatic nitrogens is 2. The maximum absolute atomic E-state index is 5.86. The average Bonchev–Trinajstić information content (AvgIpc) is 3.01. The molecule has 1 aromatic carbocycles. The number of nitrogens with one attached hydrogen (secondary N) is 1. The Balaban J connectivity index is 1.97. The molecule has 4 heteroatoms. The average molecular weight is 278 g/mol. The van der Waals surface area contributed by atoms with E-state index in [9.17, 15) is 0 Å². The fourth-order valence-electron chi connectivity index (χ4n) is 1.76. The van der Waals surface area contributed by atoms with Crippen molar-refractivity contribution in [1.82, 2.24) is 9.97 Å². The Hall–Kier alpha value is -1.29. The Morgan fingerprint density at radius 3 is 2.88 bits per heavy atom. The molecule has 0 unspecified atom stereocenters. The Morgan fingerprint density at radius 2 is 2.19 bits per heavy atom. The molecule has 1 aromatic heterocycles. The zero-order valence-electron chi connectivity index (χ0n) is 8.70. The van der Waals surface area contributed by atoms with E-state index < -0.39 is 0 Å². The van der Waals surface area contributed by atoms with Crippen molar-refractivity contribution in [2.24, 2.45) is 0 Å². The molecule has 82 valence electrons. The van der Waals surface area contributed by atoms with Gasteiger partial charge < -0.3 is 10.7 Å². The summed E-state index contributed by atoms with van der Waals surface area (Å²) < 4.78 is 0.929. The highest BCUT2D eigenvalue weighted by atomic mass is 79.9. The van der Waals surface area contributed by atoms with E-state index >= 15 is 0 Å². The normalized spacial score (nSPS) is 15.3. The van der Waals surface area contributed by atoms with Crippen molar-refractivity contribution in [2.75, 3.05) is 5.73 Å². The van der Waals surface area contributed by atoms with E-state index in [2.05, 4.69) is 25.9 Å². The highest BCUT2D eigenvalue weighted by molar-refractivity contribution is 9.10. The first kappa shape index (κ1) is 9.90. The van der Waals surface area contributed by atoms with Gasteiger partial charge in [-0.1, -0.05) is 6.07 Å². The smallest absolute Gasteiger partial charge is 0.109 e. The number of nitrogens with two attached hydrogens (primary N) is 1. The van der Waals surface area contributed by atoms with Crippen molar-refractivity contribution in [1.29, 1.82) is 0 Å². The summed E-state index contributed by atoms with van der Waals surface area (Å²) in [6.07, 6.45) is 4.40. The molecule has 3 nitrogen and oxygen atoms in total. The summed E-state index contributed by atoms with van der Waals surface area (Å²) >= 11 is 3.39. The van der Waals surface area contributed by atoms with E-state index in [-0.39, 0.29) is 0 Å². The van der Waals surface area contributed by atoms with Crippen LogP contribution in [0.15, 0.2) is 28.9 Å². The van der Waals surface area contributed by atoms with Crippen LogP contribution >= 0.6 is 15.9 Å². The zero-order chi connectivity index (χ0) is 11.1. The van der Waals surface area contributed by atoms with Crippen molar-refractivity contribution < 1.29 is 0 Å².